The lowest BCUT2D eigenvalue weighted by Crippen LogP contribution is -2.30. The highest BCUT2D eigenvalue weighted by molar-refractivity contribution is 5.94. The number of hydrogen-bond acceptors (Lipinski definition) is 4. The second-order valence-electron chi connectivity index (χ2n) is 5.94. The van der Waals surface area contributed by atoms with Gasteiger partial charge in [0.1, 0.15) is 0 Å². The Morgan fingerprint density at radius 1 is 1.08 bits per heavy atom. The monoisotopic (exact) mass is 340 g/mol. The van der Waals surface area contributed by atoms with Crippen LogP contribution in [0.4, 0.5) is 5.69 Å². The van der Waals surface area contributed by atoms with Gasteiger partial charge in [-0.3, -0.25) is 9.69 Å². The molecule has 0 aromatic heterocycles. The van der Waals surface area contributed by atoms with Crippen molar-refractivity contribution in [2.24, 2.45) is 0 Å². The number of esters is 1. The third-order valence-electron chi connectivity index (χ3n) is 3.79. The van der Waals surface area contributed by atoms with Crippen LogP contribution < -0.4 is 5.32 Å². The van der Waals surface area contributed by atoms with E-state index in [0.717, 1.165) is 0 Å². The van der Waals surface area contributed by atoms with Gasteiger partial charge in [-0.05, 0) is 56.3 Å². The number of benzene rings is 2. The molecular formula is C20H24N2O3. The van der Waals surface area contributed by atoms with Gasteiger partial charge in [0, 0.05) is 12.2 Å². The molecule has 0 atom stereocenters. The molecule has 2 aromatic rings. The number of carbonyl (C=O) groups is 2. The van der Waals surface area contributed by atoms with Crippen LogP contribution in [0.2, 0.25) is 0 Å². The fraction of sp³-hybridized carbons (Fsp3) is 0.300. The van der Waals surface area contributed by atoms with Crippen LogP contribution in [0, 0.1) is 6.92 Å². The minimum absolute atomic E-state index is 0.0973. The molecule has 0 bridgehead atoms. The summed E-state index contributed by atoms with van der Waals surface area (Å²) in [5.41, 5.74) is 3.54. The molecule has 0 heterocycles. The highest BCUT2D eigenvalue weighted by atomic mass is 16.5. The fourth-order valence-electron chi connectivity index (χ4n) is 2.48. The zero-order valence-electron chi connectivity index (χ0n) is 14.9. The molecule has 0 aliphatic heterocycles. The average Bonchev–Trinajstić information content (AvgIpc) is 2.57. The minimum atomic E-state index is -0.363. The smallest absolute Gasteiger partial charge is 0.338 e. The Hall–Kier alpha value is -2.66. The molecule has 1 amide bonds. The van der Waals surface area contributed by atoms with Crippen LogP contribution in [0.15, 0.2) is 48.5 Å². The van der Waals surface area contributed by atoms with E-state index in [-0.39, 0.29) is 18.4 Å². The number of amides is 1. The van der Waals surface area contributed by atoms with Gasteiger partial charge in [0.05, 0.1) is 18.7 Å². The quantitative estimate of drug-likeness (QED) is 0.786. The van der Waals surface area contributed by atoms with Gasteiger partial charge in [-0.1, -0.05) is 24.3 Å². The number of hydrogen-bond donors (Lipinski definition) is 1. The molecule has 0 unspecified atom stereocenters. The Labute approximate surface area is 148 Å². The second kappa shape index (κ2) is 8.99. The van der Waals surface area contributed by atoms with Crippen molar-refractivity contribution in [2.75, 3.05) is 25.5 Å². The van der Waals surface area contributed by atoms with E-state index in [0.29, 0.717) is 24.4 Å². The molecule has 0 fully saturated rings. The van der Waals surface area contributed by atoms with E-state index in [1.165, 1.54) is 11.1 Å². The van der Waals surface area contributed by atoms with Gasteiger partial charge in [0.15, 0.2) is 0 Å². The average molecular weight is 340 g/mol. The molecule has 2 aromatic carbocycles. The Bertz CT molecular complexity index is 726. The predicted octanol–water partition coefficient (Wildman–Crippen LogP) is 3.24. The molecule has 25 heavy (non-hydrogen) atoms. The van der Waals surface area contributed by atoms with Crippen LogP contribution in [0.3, 0.4) is 0 Å². The third kappa shape index (κ3) is 5.72. The molecule has 5 heteroatoms. The van der Waals surface area contributed by atoms with E-state index in [2.05, 4.69) is 24.4 Å². The Balaban J connectivity index is 1.87. The number of carbonyl (C=O) groups excluding carboxylic acids is 2. The number of rotatable bonds is 7. The van der Waals surface area contributed by atoms with Gasteiger partial charge >= 0.3 is 5.97 Å². The van der Waals surface area contributed by atoms with Crippen LogP contribution in [0.1, 0.15) is 28.4 Å². The normalized spacial score (nSPS) is 10.6. The zero-order chi connectivity index (χ0) is 18.2. The lowest BCUT2D eigenvalue weighted by atomic mass is 10.1. The van der Waals surface area contributed by atoms with E-state index in [1.807, 2.05) is 24.1 Å². The van der Waals surface area contributed by atoms with Crippen molar-refractivity contribution in [3.63, 3.8) is 0 Å². The Morgan fingerprint density at radius 2 is 1.76 bits per heavy atom. The van der Waals surface area contributed by atoms with E-state index in [9.17, 15) is 9.59 Å². The number of likely N-dealkylation sites (N-methyl/N-ethyl adjacent to an activating group) is 1. The summed E-state index contributed by atoms with van der Waals surface area (Å²) in [5, 5.41) is 2.84. The molecule has 5 nitrogen and oxygen atoms in total. The molecule has 0 aliphatic carbocycles. The van der Waals surface area contributed by atoms with Crippen LogP contribution >= 0.6 is 0 Å². The minimum Gasteiger partial charge on any atom is -0.462 e. The van der Waals surface area contributed by atoms with Crippen LogP contribution in [0.5, 0.6) is 0 Å². The largest absolute Gasteiger partial charge is 0.462 e. The van der Waals surface area contributed by atoms with Gasteiger partial charge in [-0.2, -0.15) is 0 Å². The molecule has 1 N–H and O–H groups in total. The molecule has 0 aliphatic rings. The Kier molecular flexibility index (Phi) is 6.71. The maximum Gasteiger partial charge on any atom is 0.338 e. The van der Waals surface area contributed by atoms with Crippen molar-refractivity contribution in [2.45, 2.75) is 20.4 Å². The van der Waals surface area contributed by atoms with Crippen molar-refractivity contribution >= 4 is 17.6 Å². The van der Waals surface area contributed by atoms with Gasteiger partial charge in [-0.15, -0.1) is 0 Å². The number of ether oxygens (including phenoxy) is 1. The molecule has 0 spiro atoms. The van der Waals surface area contributed by atoms with Gasteiger partial charge < -0.3 is 10.1 Å². The number of anilines is 1. The molecule has 0 radical (unpaired) electrons. The second-order valence-corrected chi connectivity index (χ2v) is 5.94. The molecule has 132 valence electrons. The summed E-state index contributed by atoms with van der Waals surface area (Å²) in [6.07, 6.45) is 0. The highest BCUT2D eigenvalue weighted by Gasteiger charge is 2.10. The van der Waals surface area contributed by atoms with Crippen LogP contribution in [0.25, 0.3) is 0 Å². The molecule has 0 saturated carbocycles. The van der Waals surface area contributed by atoms with E-state index < -0.39 is 0 Å². The maximum absolute atomic E-state index is 12.2. The summed E-state index contributed by atoms with van der Waals surface area (Å²) in [6, 6.07) is 14.8. The van der Waals surface area contributed by atoms with Gasteiger partial charge in [0.25, 0.3) is 0 Å². The molecule has 2 rings (SSSR count). The first-order chi connectivity index (χ1) is 12.0. The first kappa shape index (κ1) is 18.7. The maximum atomic E-state index is 12.2. The van der Waals surface area contributed by atoms with Gasteiger partial charge in [0.2, 0.25) is 5.91 Å². The lowest BCUT2D eigenvalue weighted by Gasteiger charge is -2.17. The van der Waals surface area contributed by atoms with Crippen molar-refractivity contribution in [3.8, 4) is 0 Å². The van der Waals surface area contributed by atoms with E-state index >= 15 is 0 Å². The van der Waals surface area contributed by atoms with Crippen molar-refractivity contribution in [1.29, 1.82) is 0 Å². The Morgan fingerprint density at radius 3 is 2.40 bits per heavy atom. The van der Waals surface area contributed by atoms with E-state index in [1.54, 1.807) is 31.2 Å². The summed E-state index contributed by atoms with van der Waals surface area (Å²) in [7, 11) is 1.91. The number of aryl methyl sites for hydroxylation is 1. The van der Waals surface area contributed by atoms with Crippen LogP contribution in [-0.2, 0) is 16.1 Å². The summed E-state index contributed by atoms with van der Waals surface area (Å²) in [4.78, 5) is 25.7. The summed E-state index contributed by atoms with van der Waals surface area (Å²) >= 11 is 0. The van der Waals surface area contributed by atoms with Crippen molar-refractivity contribution in [1.82, 2.24) is 4.90 Å². The van der Waals surface area contributed by atoms with Crippen molar-refractivity contribution in [3.05, 3.63) is 65.2 Å². The van der Waals surface area contributed by atoms with Gasteiger partial charge in [-0.25, -0.2) is 4.79 Å². The first-order valence-electron chi connectivity index (χ1n) is 8.29. The topological polar surface area (TPSA) is 58.6 Å². The number of nitrogens with one attached hydrogen (secondary N) is 1. The standard InChI is InChI=1S/C20H24N2O3/c1-4-25-20(24)16-9-11-18(12-10-16)21-19(23)14-22(3)13-17-8-6-5-7-15(17)2/h5-12H,4,13-14H2,1-3H3,(H,21,23). The fourth-order valence-corrected chi connectivity index (χ4v) is 2.48. The van der Waals surface area contributed by atoms with Crippen molar-refractivity contribution < 1.29 is 14.3 Å². The zero-order valence-corrected chi connectivity index (χ0v) is 14.9. The van der Waals surface area contributed by atoms with Crippen LogP contribution in [-0.4, -0.2) is 37.0 Å². The first-order valence-corrected chi connectivity index (χ1v) is 8.29. The predicted molar refractivity (Wildman–Crippen MR) is 98.5 cm³/mol. The molecule has 0 saturated heterocycles. The summed E-state index contributed by atoms with van der Waals surface area (Å²) in [5.74, 6) is -0.460. The third-order valence-corrected chi connectivity index (χ3v) is 3.79. The lowest BCUT2D eigenvalue weighted by molar-refractivity contribution is -0.117. The summed E-state index contributed by atoms with van der Waals surface area (Å²) in [6.45, 7) is 5.16. The highest BCUT2D eigenvalue weighted by Crippen LogP contribution is 2.12. The molecular weight excluding hydrogens is 316 g/mol. The number of nitrogens with zero attached hydrogens (tertiary/aromatic N) is 1. The van der Waals surface area contributed by atoms with E-state index in [4.69, 9.17) is 4.74 Å². The summed E-state index contributed by atoms with van der Waals surface area (Å²) < 4.78 is 4.93. The SMILES string of the molecule is CCOC(=O)c1ccc(NC(=O)CN(C)Cc2ccccc2C)cc1.